The first-order valence-corrected chi connectivity index (χ1v) is 4.59. The zero-order chi connectivity index (χ0) is 9.68. The molecule has 0 aliphatic carbocycles. The fraction of sp³-hybridized carbons (Fsp3) is 0.667. The van der Waals surface area contributed by atoms with E-state index in [9.17, 15) is 4.39 Å². The Labute approximate surface area is 77.7 Å². The number of unbranched alkanes of at least 4 members (excludes halogenated alkanes) is 2. The number of aromatic nitrogens is 2. The summed E-state index contributed by atoms with van der Waals surface area (Å²) in [6, 6.07) is 0. The van der Waals surface area contributed by atoms with Crippen LogP contribution in [-0.2, 0) is 6.54 Å². The van der Waals surface area contributed by atoms with Crippen LogP contribution in [0, 0.1) is 6.92 Å². The van der Waals surface area contributed by atoms with E-state index in [1.165, 1.54) is 0 Å². The molecule has 0 radical (unpaired) electrons. The maximum atomic E-state index is 11.8. The van der Waals surface area contributed by atoms with Gasteiger partial charge >= 0.3 is 0 Å². The predicted octanol–water partition coefficient (Wildman–Crippen LogP) is 1.91. The van der Waals surface area contributed by atoms with Gasteiger partial charge in [0.15, 0.2) is 0 Å². The zero-order valence-electron chi connectivity index (χ0n) is 7.96. The minimum absolute atomic E-state index is 0.222. The Morgan fingerprint density at radius 3 is 2.77 bits per heavy atom. The molecule has 4 heteroatoms. The number of rotatable bonds is 5. The van der Waals surface area contributed by atoms with Gasteiger partial charge in [-0.25, -0.2) is 0 Å². The Kier molecular flexibility index (Phi) is 3.73. The largest absolute Gasteiger partial charge is 0.396 e. The number of hydrogen-bond acceptors (Lipinski definition) is 2. The lowest BCUT2D eigenvalue weighted by Gasteiger charge is -2.03. The minimum Gasteiger partial charge on any atom is -0.396 e. The van der Waals surface area contributed by atoms with Crippen LogP contribution >= 0.6 is 0 Å². The Morgan fingerprint density at radius 2 is 2.23 bits per heavy atom. The maximum absolute atomic E-state index is 11.8. The molecule has 1 heterocycles. The number of nitrogens with two attached hydrogens (primary N) is 1. The first-order valence-electron chi connectivity index (χ1n) is 4.59. The van der Waals surface area contributed by atoms with Gasteiger partial charge < -0.3 is 5.73 Å². The topological polar surface area (TPSA) is 43.8 Å². The molecule has 0 unspecified atom stereocenters. The monoisotopic (exact) mass is 185 g/mol. The lowest BCUT2D eigenvalue weighted by atomic mass is 10.2. The van der Waals surface area contributed by atoms with Gasteiger partial charge in [-0.1, -0.05) is 0 Å². The molecule has 1 aromatic heterocycles. The third-order valence-corrected chi connectivity index (χ3v) is 2.14. The van der Waals surface area contributed by atoms with Gasteiger partial charge in [0, 0.05) is 6.54 Å². The van der Waals surface area contributed by atoms with Crippen LogP contribution in [0.5, 0.6) is 0 Å². The Balaban J connectivity index is 2.32. The third kappa shape index (κ3) is 2.72. The number of nitrogens with zero attached hydrogens (tertiary/aromatic N) is 2. The average Bonchev–Trinajstić information content (AvgIpc) is 2.43. The number of alkyl halides is 1. The van der Waals surface area contributed by atoms with Crippen LogP contribution in [0.3, 0.4) is 0 Å². The van der Waals surface area contributed by atoms with Gasteiger partial charge in [-0.3, -0.25) is 9.07 Å². The molecule has 74 valence electrons. The number of halogens is 1. The van der Waals surface area contributed by atoms with Crippen LogP contribution in [0.2, 0.25) is 0 Å². The van der Waals surface area contributed by atoms with Crippen molar-refractivity contribution in [2.24, 2.45) is 0 Å². The first kappa shape index (κ1) is 10.0. The molecule has 0 aromatic carbocycles. The molecule has 0 saturated heterocycles. The molecule has 0 spiro atoms. The van der Waals surface area contributed by atoms with E-state index in [0.29, 0.717) is 6.42 Å². The fourth-order valence-corrected chi connectivity index (χ4v) is 1.22. The molecule has 0 saturated carbocycles. The molecule has 0 aliphatic rings. The minimum atomic E-state index is -0.222. The van der Waals surface area contributed by atoms with E-state index in [0.717, 1.165) is 30.8 Å². The molecule has 0 aliphatic heterocycles. The highest BCUT2D eigenvalue weighted by Crippen LogP contribution is 2.09. The number of nitrogen functional groups attached to an aromatic ring is 1. The number of hydrogen-bond donors (Lipinski definition) is 1. The number of anilines is 1. The van der Waals surface area contributed by atoms with Gasteiger partial charge in [0.05, 0.1) is 24.3 Å². The quantitative estimate of drug-likeness (QED) is 0.712. The van der Waals surface area contributed by atoms with Crippen molar-refractivity contribution < 1.29 is 4.39 Å². The van der Waals surface area contributed by atoms with E-state index >= 15 is 0 Å². The van der Waals surface area contributed by atoms with Gasteiger partial charge in [0.2, 0.25) is 0 Å². The summed E-state index contributed by atoms with van der Waals surface area (Å²) in [6.45, 7) is 2.56. The Morgan fingerprint density at radius 1 is 1.46 bits per heavy atom. The number of aryl methyl sites for hydroxylation is 1. The summed E-state index contributed by atoms with van der Waals surface area (Å²) in [5, 5.41) is 4.11. The van der Waals surface area contributed by atoms with Crippen molar-refractivity contribution in [3.05, 3.63) is 11.9 Å². The summed E-state index contributed by atoms with van der Waals surface area (Å²) in [5.74, 6) is 0. The Bertz CT molecular complexity index is 257. The summed E-state index contributed by atoms with van der Waals surface area (Å²) in [5.41, 5.74) is 7.36. The van der Waals surface area contributed by atoms with Gasteiger partial charge in [-0.2, -0.15) is 5.10 Å². The van der Waals surface area contributed by atoms with Crippen molar-refractivity contribution in [1.82, 2.24) is 9.78 Å². The lowest BCUT2D eigenvalue weighted by Crippen LogP contribution is -2.03. The van der Waals surface area contributed by atoms with Crippen molar-refractivity contribution in [2.45, 2.75) is 32.7 Å². The highest BCUT2D eigenvalue weighted by Gasteiger charge is 2.01. The molecule has 1 rings (SSSR count). The van der Waals surface area contributed by atoms with E-state index in [-0.39, 0.29) is 6.67 Å². The van der Waals surface area contributed by atoms with Gasteiger partial charge in [-0.15, -0.1) is 0 Å². The highest BCUT2D eigenvalue weighted by atomic mass is 19.1. The fourth-order valence-electron chi connectivity index (χ4n) is 1.22. The van der Waals surface area contributed by atoms with Crippen molar-refractivity contribution in [3.63, 3.8) is 0 Å². The predicted molar refractivity (Wildman–Crippen MR) is 51.2 cm³/mol. The Hall–Kier alpha value is -1.06. The highest BCUT2D eigenvalue weighted by molar-refractivity contribution is 5.39. The standard InChI is InChI=1S/C9H16FN3/c1-8-9(11)7-12-13(8)6-4-2-3-5-10/h7H,2-6,11H2,1H3. The van der Waals surface area contributed by atoms with Crippen LogP contribution in [-0.4, -0.2) is 16.5 Å². The van der Waals surface area contributed by atoms with Gasteiger partial charge in [0.1, 0.15) is 0 Å². The van der Waals surface area contributed by atoms with E-state index in [2.05, 4.69) is 5.10 Å². The van der Waals surface area contributed by atoms with Crippen molar-refractivity contribution in [2.75, 3.05) is 12.4 Å². The summed E-state index contributed by atoms with van der Waals surface area (Å²) in [6.07, 6.45) is 4.18. The molecule has 2 N–H and O–H groups in total. The second kappa shape index (κ2) is 4.84. The molecular weight excluding hydrogens is 169 g/mol. The van der Waals surface area contributed by atoms with Crippen LogP contribution in [0.25, 0.3) is 0 Å². The molecule has 0 atom stereocenters. The lowest BCUT2D eigenvalue weighted by molar-refractivity contribution is 0.441. The molecule has 0 bridgehead atoms. The van der Waals surface area contributed by atoms with Gasteiger partial charge in [-0.05, 0) is 26.2 Å². The average molecular weight is 185 g/mol. The molecule has 3 nitrogen and oxygen atoms in total. The van der Waals surface area contributed by atoms with Crippen molar-refractivity contribution >= 4 is 5.69 Å². The summed E-state index contributed by atoms with van der Waals surface area (Å²) < 4.78 is 13.6. The second-order valence-electron chi connectivity index (χ2n) is 3.16. The molecule has 13 heavy (non-hydrogen) atoms. The van der Waals surface area contributed by atoms with Crippen LogP contribution in [0.15, 0.2) is 6.20 Å². The maximum Gasteiger partial charge on any atom is 0.0894 e. The summed E-state index contributed by atoms with van der Waals surface area (Å²) in [7, 11) is 0. The summed E-state index contributed by atoms with van der Waals surface area (Å²) >= 11 is 0. The zero-order valence-corrected chi connectivity index (χ0v) is 7.96. The SMILES string of the molecule is Cc1c(N)cnn1CCCCCF. The smallest absolute Gasteiger partial charge is 0.0894 e. The second-order valence-corrected chi connectivity index (χ2v) is 3.16. The van der Waals surface area contributed by atoms with E-state index in [1.54, 1.807) is 6.20 Å². The van der Waals surface area contributed by atoms with Crippen LogP contribution in [0.1, 0.15) is 25.0 Å². The first-order chi connectivity index (χ1) is 6.25. The van der Waals surface area contributed by atoms with E-state index < -0.39 is 0 Å². The van der Waals surface area contributed by atoms with Crippen LogP contribution in [0.4, 0.5) is 10.1 Å². The third-order valence-electron chi connectivity index (χ3n) is 2.14. The van der Waals surface area contributed by atoms with Crippen molar-refractivity contribution in [1.29, 1.82) is 0 Å². The molecule has 1 aromatic rings. The van der Waals surface area contributed by atoms with Crippen molar-refractivity contribution in [3.8, 4) is 0 Å². The normalized spacial score (nSPS) is 10.6. The summed E-state index contributed by atoms with van der Waals surface area (Å²) in [4.78, 5) is 0. The molecule has 0 amide bonds. The van der Waals surface area contributed by atoms with Gasteiger partial charge in [0.25, 0.3) is 0 Å². The molecular formula is C9H16FN3. The van der Waals surface area contributed by atoms with Crippen LogP contribution < -0.4 is 5.73 Å². The molecule has 0 fully saturated rings. The van der Waals surface area contributed by atoms with E-state index in [4.69, 9.17) is 5.73 Å². The van der Waals surface area contributed by atoms with E-state index in [1.807, 2.05) is 11.6 Å².